The lowest BCUT2D eigenvalue weighted by Crippen LogP contribution is -2.49. The Hall–Kier alpha value is -0.930. The fraction of sp³-hybridized carbons (Fsp3) is 0.538. The molecule has 1 heterocycles. The maximum absolute atomic E-state index is 12.8. The van der Waals surface area contributed by atoms with Crippen molar-refractivity contribution in [2.45, 2.75) is 25.9 Å². The minimum absolute atomic E-state index is 0.162. The average Bonchev–Trinajstić information content (AvgIpc) is 2.29. The fourth-order valence-electron chi connectivity index (χ4n) is 2.27. The summed E-state index contributed by atoms with van der Waals surface area (Å²) in [7, 11) is 0. The molecule has 0 spiro atoms. The molecule has 1 aromatic carbocycles. The zero-order valence-corrected chi connectivity index (χ0v) is 9.91. The number of rotatable bonds is 2. The summed E-state index contributed by atoms with van der Waals surface area (Å²) in [6, 6.07) is 7.75. The van der Waals surface area contributed by atoms with E-state index in [0.29, 0.717) is 12.1 Å². The van der Waals surface area contributed by atoms with Gasteiger partial charge in [-0.05, 0) is 31.5 Å². The molecule has 0 saturated carbocycles. The summed E-state index contributed by atoms with van der Waals surface area (Å²) < 4.78 is 12.8. The van der Waals surface area contributed by atoms with E-state index >= 15 is 0 Å². The third kappa shape index (κ3) is 2.60. The minimum Gasteiger partial charge on any atom is -0.312 e. The second-order valence-electron chi connectivity index (χ2n) is 4.58. The van der Waals surface area contributed by atoms with Crippen LogP contribution in [0.15, 0.2) is 24.3 Å². The molecule has 0 bridgehead atoms. The van der Waals surface area contributed by atoms with Crippen LogP contribution >= 0.6 is 0 Å². The lowest BCUT2D eigenvalue weighted by atomic mass is 10.1. The van der Waals surface area contributed by atoms with E-state index in [1.54, 1.807) is 0 Å². The van der Waals surface area contributed by atoms with Gasteiger partial charge in [0.1, 0.15) is 5.82 Å². The Labute approximate surface area is 96.5 Å². The van der Waals surface area contributed by atoms with Crippen LogP contribution in [0.25, 0.3) is 0 Å². The first-order valence-corrected chi connectivity index (χ1v) is 5.89. The van der Waals surface area contributed by atoms with Crippen LogP contribution in [-0.4, -0.2) is 30.6 Å². The summed E-state index contributed by atoms with van der Waals surface area (Å²) in [5.41, 5.74) is 1.19. The molecule has 0 amide bonds. The molecular formula is C13H19FN2. The van der Waals surface area contributed by atoms with Crippen molar-refractivity contribution in [1.29, 1.82) is 0 Å². The van der Waals surface area contributed by atoms with Gasteiger partial charge in [-0.2, -0.15) is 0 Å². The molecule has 1 unspecified atom stereocenters. The zero-order chi connectivity index (χ0) is 11.5. The van der Waals surface area contributed by atoms with Crippen molar-refractivity contribution in [2.24, 2.45) is 0 Å². The number of benzene rings is 1. The molecule has 2 nitrogen and oxygen atoms in total. The summed E-state index contributed by atoms with van der Waals surface area (Å²) in [4.78, 5) is 2.44. The maximum Gasteiger partial charge on any atom is 0.123 e. The van der Waals surface area contributed by atoms with Crippen LogP contribution in [-0.2, 0) is 0 Å². The quantitative estimate of drug-likeness (QED) is 0.825. The van der Waals surface area contributed by atoms with Gasteiger partial charge in [-0.25, -0.2) is 4.39 Å². The molecule has 88 valence electrons. The monoisotopic (exact) mass is 222 g/mol. The Morgan fingerprint density at radius 2 is 2.06 bits per heavy atom. The highest BCUT2D eigenvalue weighted by Gasteiger charge is 2.21. The maximum atomic E-state index is 12.8. The Bertz CT molecular complexity index is 336. The van der Waals surface area contributed by atoms with E-state index in [0.717, 1.165) is 19.6 Å². The van der Waals surface area contributed by atoms with Crippen molar-refractivity contribution in [2.75, 3.05) is 19.6 Å². The number of hydrogen-bond acceptors (Lipinski definition) is 2. The predicted octanol–water partition coefficient (Wildman–Crippen LogP) is 2.18. The first-order valence-electron chi connectivity index (χ1n) is 5.89. The highest BCUT2D eigenvalue weighted by atomic mass is 19.1. The van der Waals surface area contributed by atoms with Crippen LogP contribution in [0.1, 0.15) is 25.5 Å². The van der Waals surface area contributed by atoms with Gasteiger partial charge in [-0.1, -0.05) is 12.1 Å². The number of halogens is 1. The topological polar surface area (TPSA) is 15.3 Å². The Kier molecular flexibility index (Phi) is 3.56. The van der Waals surface area contributed by atoms with Crippen molar-refractivity contribution in [3.05, 3.63) is 35.6 Å². The summed E-state index contributed by atoms with van der Waals surface area (Å²) >= 11 is 0. The van der Waals surface area contributed by atoms with E-state index in [9.17, 15) is 4.39 Å². The summed E-state index contributed by atoms with van der Waals surface area (Å²) in [6.45, 7) is 7.53. The second kappa shape index (κ2) is 4.93. The van der Waals surface area contributed by atoms with Crippen molar-refractivity contribution >= 4 is 0 Å². The SMILES string of the molecule is CC(c1ccc(F)cc1)N1CCN[C@H](C)C1. The normalized spacial score (nSPS) is 24.3. The van der Waals surface area contributed by atoms with Gasteiger partial charge in [0.2, 0.25) is 0 Å². The van der Waals surface area contributed by atoms with Gasteiger partial charge in [0.15, 0.2) is 0 Å². The van der Waals surface area contributed by atoms with Crippen LogP contribution in [0.2, 0.25) is 0 Å². The number of nitrogens with one attached hydrogen (secondary N) is 1. The third-order valence-electron chi connectivity index (χ3n) is 3.30. The summed E-state index contributed by atoms with van der Waals surface area (Å²) in [5, 5.41) is 3.43. The van der Waals surface area contributed by atoms with Gasteiger partial charge in [0.05, 0.1) is 0 Å². The van der Waals surface area contributed by atoms with E-state index in [1.807, 2.05) is 12.1 Å². The predicted molar refractivity (Wildman–Crippen MR) is 63.9 cm³/mol. The highest BCUT2D eigenvalue weighted by Crippen LogP contribution is 2.21. The smallest absolute Gasteiger partial charge is 0.123 e. The van der Waals surface area contributed by atoms with Gasteiger partial charge in [-0.15, -0.1) is 0 Å². The minimum atomic E-state index is -0.162. The summed E-state index contributed by atoms with van der Waals surface area (Å²) in [6.07, 6.45) is 0. The third-order valence-corrected chi connectivity index (χ3v) is 3.30. The highest BCUT2D eigenvalue weighted by molar-refractivity contribution is 5.19. The van der Waals surface area contributed by atoms with E-state index in [1.165, 1.54) is 17.7 Å². The average molecular weight is 222 g/mol. The van der Waals surface area contributed by atoms with Crippen LogP contribution in [0.4, 0.5) is 4.39 Å². The largest absolute Gasteiger partial charge is 0.312 e. The van der Waals surface area contributed by atoms with E-state index in [2.05, 4.69) is 24.1 Å². The molecule has 3 heteroatoms. The molecule has 0 aliphatic carbocycles. The van der Waals surface area contributed by atoms with Crippen LogP contribution in [0, 0.1) is 5.82 Å². The molecule has 0 radical (unpaired) electrons. The van der Waals surface area contributed by atoms with E-state index in [4.69, 9.17) is 0 Å². The number of nitrogens with zero attached hydrogens (tertiary/aromatic N) is 1. The van der Waals surface area contributed by atoms with Crippen LogP contribution < -0.4 is 5.32 Å². The fourth-order valence-corrected chi connectivity index (χ4v) is 2.27. The molecule has 2 atom stereocenters. The molecule has 1 aromatic rings. The zero-order valence-electron chi connectivity index (χ0n) is 9.91. The van der Waals surface area contributed by atoms with Gasteiger partial charge >= 0.3 is 0 Å². The van der Waals surface area contributed by atoms with Gasteiger partial charge in [-0.3, -0.25) is 4.90 Å². The molecule has 2 rings (SSSR count). The molecule has 16 heavy (non-hydrogen) atoms. The molecule has 1 aliphatic heterocycles. The first-order chi connectivity index (χ1) is 7.66. The van der Waals surface area contributed by atoms with E-state index < -0.39 is 0 Å². The Morgan fingerprint density at radius 1 is 1.38 bits per heavy atom. The second-order valence-corrected chi connectivity index (χ2v) is 4.58. The lowest BCUT2D eigenvalue weighted by Gasteiger charge is -2.36. The molecule has 1 fully saturated rings. The molecule has 1 saturated heterocycles. The van der Waals surface area contributed by atoms with Crippen LogP contribution in [0.3, 0.4) is 0 Å². The Morgan fingerprint density at radius 3 is 2.69 bits per heavy atom. The van der Waals surface area contributed by atoms with Crippen molar-refractivity contribution in [1.82, 2.24) is 10.2 Å². The first kappa shape index (κ1) is 11.6. The van der Waals surface area contributed by atoms with Gasteiger partial charge < -0.3 is 5.32 Å². The lowest BCUT2D eigenvalue weighted by molar-refractivity contribution is 0.158. The van der Waals surface area contributed by atoms with Crippen molar-refractivity contribution in [3.8, 4) is 0 Å². The standard InChI is InChI=1S/C13H19FN2/c1-10-9-16(8-7-15-10)11(2)12-3-5-13(14)6-4-12/h3-6,10-11,15H,7-9H2,1-2H3/t10-,11?/m1/s1. The summed E-state index contributed by atoms with van der Waals surface area (Å²) in [5.74, 6) is -0.162. The molecular weight excluding hydrogens is 203 g/mol. The van der Waals surface area contributed by atoms with Gasteiger partial charge in [0, 0.05) is 31.7 Å². The molecule has 0 aromatic heterocycles. The van der Waals surface area contributed by atoms with Gasteiger partial charge in [0.25, 0.3) is 0 Å². The molecule has 1 N–H and O–H groups in total. The molecule has 1 aliphatic rings. The van der Waals surface area contributed by atoms with Crippen LogP contribution in [0.5, 0.6) is 0 Å². The van der Waals surface area contributed by atoms with Crippen molar-refractivity contribution in [3.63, 3.8) is 0 Å². The van der Waals surface area contributed by atoms with E-state index in [-0.39, 0.29) is 5.82 Å². The number of hydrogen-bond donors (Lipinski definition) is 1. The van der Waals surface area contributed by atoms with Crippen molar-refractivity contribution < 1.29 is 4.39 Å². The Balaban J connectivity index is 2.06. The number of piperazine rings is 1.